The van der Waals surface area contributed by atoms with Gasteiger partial charge in [-0.3, -0.25) is 4.79 Å². The van der Waals surface area contributed by atoms with Crippen LogP contribution in [-0.2, 0) is 21.2 Å². The third kappa shape index (κ3) is 2.46. The summed E-state index contributed by atoms with van der Waals surface area (Å²) in [6.45, 7) is 0.803. The molecule has 1 fully saturated rings. The molecule has 1 aromatic rings. The van der Waals surface area contributed by atoms with Crippen LogP contribution >= 0.6 is 0 Å². The van der Waals surface area contributed by atoms with Gasteiger partial charge < -0.3 is 9.67 Å². The highest BCUT2D eigenvalue weighted by atomic mass is 32.2. The van der Waals surface area contributed by atoms with Crippen LogP contribution in [0.15, 0.2) is 6.20 Å². The molecule has 0 saturated carbocycles. The molecule has 2 aliphatic heterocycles. The largest absolute Gasteiger partial charge is 0.481 e. The van der Waals surface area contributed by atoms with Gasteiger partial charge in [0, 0.05) is 18.7 Å². The molecule has 7 heteroatoms. The van der Waals surface area contributed by atoms with Gasteiger partial charge in [-0.2, -0.15) is 0 Å². The van der Waals surface area contributed by atoms with E-state index < -0.39 is 21.7 Å². The molecular weight excluding hydrogens is 280 g/mol. The zero-order chi connectivity index (χ0) is 14.3. The number of aryl methyl sites for hydroxylation is 1. The summed E-state index contributed by atoms with van der Waals surface area (Å²) in [4.78, 5) is 15.8. The highest BCUT2D eigenvalue weighted by Crippen LogP contribution is 2.33. The lowest BCUT2D eigenvalue weighted by molar-refractivity contribution is -0.139. The van der Waals surface area contributed by atoms with Gasteiger partial charge in [-0.15, -0.1) is 0 Å². The molecule has 20 heavy (non-hydrogen) atoms. The molecule has 1 atom stereocenters. The molecule has 0 radical (unpaired) electrons. The van der Waals surface area contributed by atoms with E-state index in [4.69, 9.17) is 0 Å². The van der Waals surface area contributed by atoms with E-state index in [1.807, 2.05) is 10.8 Å². The fourth-order valence-corrected chi connectivity index (χ4v) is 4.61. The van der Waals surface area contributed by atoms with Crippen LogP contribution in [-0.4, -0.2) is 40.6 Å². The van der Waals surface area contributed by atoms with Crippen molar-refractivity contribution in [1.29, 1.82) is 0 Å². The Morgan fingerprint density at radius 1 is 1.30 bits per heavy atom. The highest BCUT2D eigenvalue weighted by Gasteiger charge is 2.32. The first-order valence-corrected chi connectivity index (χ1v) is 8.78. The second-order valence-corrected chi connectivity index (χ2v) is 7.98. The number of carboxylic acids is 1. The van der Waals surface area contributed by atoms with Crippen molar-refractivity contribution in [3.05, 3.63) is 17.7 Å². The van der Waals surface area contributed by atoms with Crippen molar-refractivity contribution in [3.63, 3.8) is 0 Å². The van der Waals surface area contributed by atoms with E-state index in [9.17, 15) is 18.3 Å². The van der Waals surface area contributed by atoms with Crippen LogP contribution in [0.4, 0.5) is 0 Å². The molecule has 3 rings (SSSR count). The maximum Gasteiger partial charge on any atom is 0.314 e. The quantitative estimate of drug-likeness (QED) is 0.884. The molecule has 0 bridgehead atoms. The van der Waals surface area contributed by atoms with Gasteiger partial charge in [-0.25, -0.2) is 13.4 Å². The number of carboxylic acid groups (broad SMARTS) is 1. The minimum atomic E-state index is -2.88. The normalized spacial score (nSPS) is 26.1. The van der Waals surface area contributed by atoms with Crippen molar-refractivity contribution in [2.24, 2.45) is 0 Å². The zero-order valence-electron chi connectivity index (χ0n) is 11.2. The summed E-state index contributed by atoms with van der Waals surface area (Å²) in [6, 6.07) is 0. The number of nitrogens with zero attached hydrogens (tertiary/aromatic N) is 2. The van der Waals surface area contributed by atoms with E-state index in [2.05, 4.69) is 4.98 Å². The van der Waals surface area contributed by atoms with Crippen molar-refractivity contribution in [2.45, 2.75) is 44.1 Å². The number of hydrogen-bond donors (Lipinski definition) is 1. The van der Waals surface area contributed by atoms with Crippen molar-refractivity contribution in [1.82, 2.24) is 9.55 Å². The van der Waals surface area contributed by atoms with E-state index in [-0.39, 0.29) is 17.4 Å². The molecule has 1 aromatic heterocycles. The molecule has 1 N–H and O–H groups in total. The number of carbonyl (C=O) groups is 1. The SMILES string of the molecule is O=C(O)C1CCCn2cc(C3CCS(=O)(=O)CC3)nc21. The van der Waals surface area contributed by atoms with Crippen LogP contribution in [0.25, 0.3) is 0 Å². The lowest BCUT2D eigenvalue weighted by Crippen LogP contribution is -2.22. The Bertz CT molecular complexity index is 621. The topological polar surface area (TPSA) is 89.3 Å². The molecule has 0 spiro atoms. The van der Waals surface area contributed by atoms with Crippen LogP contribution in [0.3, 0.4) is 0 Å². The highest BCUT2D eigenvalue weighted by molar-refractivity contribution is 7.91. The van der Waals surface area contributed by atoms with Gasteiger partial charge in [-0.05, 0) is 25.7 Å². The summed E-state index contributed by atoms with van der Waals surface area (Å²) < 4.78 is 24.9. The van der Waals surface area contributed by atoms with E-state index >= 15 is 0 Å². The smallest absolute Gasteiger partial charge is 0.314 e. The Labute approximate surface area is 117 Å². The molecule has 0 aliphatic carbocycles. The number of fused-ring (bicyclic) bond motifs is 1. The molecule has 2 aliphatic rings. The maximum atomic E-state index is 11.5. The van der Waals surface area contributed by atoms with Gasteiger partial charge >= 0.3 is 5.97 Å². The maximum absolute atomic E-state index is 11.5. The number of imidazole rings is 1. The third-order valence-corrected chi connectivity index (χ3v) is 6.02. The minimum absolute atomic E-state index is 0.145. The van der Waals surface area contributed by atoms with E-state index in [1.165, 1.54) is 0 Å². The molecule has 1 unspecified atom stereocenters. The second-order valence-electron chi connectivity index (χ2n) is 5.68. The van der Waals surface area contributed by atoms with Gasteiger partial charge in [0.2, 0.25) is 0 Å². The molecule has 1 saturated heterocycles. The van der Waals surface area contributed by atoms with Gasteiger partial charge in [0.05, 0.1) is 17.2 Å². The molecular formula is C13H18N2O4S. The molecule has 110 valence electrons. The number of rotatable bonds is 2. The monoisotopic (exact) mass is 298 g/mol. The molecule has 6 nitrogen and oxygen atoms in total. The van der Waals surface area contributed by atoms with E-state index in [0.29, 0.717) is 25.1 Å². The van der Waals surface area contributed by atoms with Crippen LogP contribution in [0.2, 0.25) is 0 Å². The van der Waals surface area contributed by atoms with Crippen LogP contribution in [0.5, 0.6) is 0 Å². The van der Waals surface area contributed by atoms with Gasteiger partial charge in [0.15, 0.2) is 0 Å². The average molecular weight is 298 g/mol. The second kappa shape index (κ2) is 4.87. The predicted octanol–water partition coefficient (Wildman–Crippen LogP) is 1.14. The number of aliphatic carboxylic acids is 1. The Hall–Kier alpha value is -1.37. The fourth-order valence-electron chi connectivity index (χ4n) is 3.12. The fraction of sp³-hybridized carbons (Fsp3) is 0.692. The minimum Gasteiger partial charge on any atom is -0.481 e. The molecule has 3 heterocycles. The lowest BCUT2D eigenvalue weighted by atomic mass is 9.99. The number of aromatic nitrogens is 2. The Balaban J connectivity index is 1.85. The molecule has 0 amide bonds. The average Bonchev–Trinajstić information content (AvgIpc) is 2.81. The Morgan fingerprint density at radius 2 is 2.00 bits per heavy atom. The summed E-state index contributed by atoms with van der Waals surface area (Å²) in [7, 11) is -2.88. The Kier molecular flexibility index (Phi) is 3.32. The Morgan fingerprint density at radius 3 is 2.65 bits per heavy atom. The summed E-state index contributed by atoms with van der Waals surface area (Å²) in [6.07, 6.45) is 4.59. The number of hydrogen-bond acceptors (Lipinski definition) is 4. The zero-order valence-corrected chi connectivity index (χ0v) is 12.0. The third-order valence-electron chi connectivity index (χ3n) is 4.30. The van der Waals surface area contributed by atoms with Gasteiger partial charge in [-0.1, -0.05) is 0 Å². The standard InChI is InChI=1S/C13H18N2O4S/c16-13(17)10-2-1-5-15-8-11(14-12(10)15)9-3-6-20(18,19)7-4-9/h8-10H,1-7H2,(H,16,17). The summed E-state index contributed by atoms with van der Waals surface area (Å²) in [5.74, 6) is -0.151. The van der Waals surface area contributed by atoms with E-state index in [0.717, 1.165) is 18.7 Å². The van der Waals surface area contributed by atoms with Crippen molar-refractivity contribution < 1.29 is 18.3 Å². The first-order valence-electron chi connectivity index (χ1n) is 6.96. The van der Waals surface area contributed by atoms with Gasteiger partial charge in [0.1, 0.15) is 21.6 Å². The molecule has 0 aromatic carbocycles. The summed E-state index contributed by atoms with van der Waals surface area (Å²) in [5.41, 5.74) is 0.864. The van der Waals surface area contributed by atoms with Crippen LogP contribution in [0.1, 0.15) is 49.0 Å². The first kappa shape index (κ1) is 13.6. The predicted molar refractivity (Wildman–Crippen MR) is 72.5 cm³/mol. The summed E-state index contributed by atoms with van der Waals surface area (Å²) >= 11 is 0. The van der Waals surface area contributed by atoms with Crippen molar-refractivity contribution >= 4 is 15.8 Å². The van der Waals surface area contributed by atoms with Gasteiger partial charge in [0.25, 0.3) is 0 Å². The number of sulfone groups is 1. The summed E-state index contributed by atoms with van der Waals surface area (Å²) in [5, 5.41) is 9.24. The first-order chi connectivity index (χ1) is 9.46. The van der Waals surface area contributed by atoms with Crippen molar-refractivity contribution in [2.75, 3.05) is 11.5 Å². The van der Waals surface area contributed by atoms with E-state index in [1.54, 1.807) is 0 Å². The van der Waals surface area contributed by atoms with Crippen molar-refractivity contribution in [3.8, 4) is 0 Å². The van der Waals surface area contributed by atoms with Crippen LogP contribution in [0, 0.1) is 0 Å². The van der Waals surface area contributed by atoms with Crippen LogP contribution < -0.4 is 0 Å². The lowest BCUT2D eigenvalue weighted by Gasteiger charge is -2.19.